The Morgan fingerprint density at radius 1 is 1.47 bits per heavy atom. The molecule has 0 radical (unpaired) electrons. The van der Waals surface area contributed by atoms with Crippen LogP contribution < -0.4 is 5.32 Å². The fourth-order valence-electron chi connectivity index (χ4n) is 2.44. The van der Waals surface area contributed by atoms with Crippen molar-refractivity contribution in [1.82, 2.24) is 5.32 Å². The molecule has 2 N–H and O–H groups in total. The molecule has 1 saturated heterocycles. The molecule has 1 aliphatic carbocycles. The zero-order chi connectivity index (χ0) is 10.8. The molecule has 1 aliphatic heterocycles. The summed E-state index contributed by atoms with van der Waals surface area (Å²) in [6.07, 6.45) is 4.29. The molecule has 4 nitrogen and oxygen atoms in total. The van der Waals surface area contributed by atoms with Crippen molar-refractivity contribution in [2.75, 3.05) is 6.61 Å². The lowest BCUT2D eigenvalue weighted by Gasteiger charge is -2.37. The standard InChI is InChI=1S/C11H19NO3/c1-7(10-3-2-6-15-10)12-9-5-4-8(9)11(13)14/h7-10,12H,2-6H2,1H3,(H,13,14). The third-order valence-electron chi connectivity index (χ3n) is 3.59. The Hall–Kier alpha value is -0.610. The van der Waals surface area contributed by atoms with E-state index in [0.717, 1.165) is 32.3 Å². The fourth-order valence-corrected chi connectivity index (χ4v) is 2.44. The van der Waals surface area contributed by atoms with Gasteiger partial charge in [0.1, 0.15) is 0 Å². The molecule has 4 atom stereocenters. The van der Waals surface area contributed by atoms with Crippen LogP contribution in [0.15, 0.2) is 0 Å². The van der Waals surface area contributed by atoms with E-state index >= 15 is 0 Å². The third-order valence-corrected chi connectivity index (χ3v) is 3.59. The molecular formula is C11H19NO3. The first-order chi connectivity index (χ1) is 7.18. The Morgan fingerprint density at radius 2 is 2.27 bits per heavy atom. The zero-order valence-electron chi connectivity index (χ0n) is 9.11. The third kappa shape index (κ3) is 2.32. The molecule has 86 valence electrons. The van der Waals surface area contributed by atoms with Crippen LogP contribution in [0.3, 0.4) is 0 Å². The van der Waals surface area contributed by atoms with Crippen molar-refractivity contribution in [3.63, 3.8) is 0 Å². The van der Waals surface area contributed by atoms with Crippen molar-refractivity contribution in [3.05, 3.63) is 0 Å². The van der Waals surface area contributed by atoms with Crippen molar-refractivity contribution in [2.24, 2.45) is 5.92 Å². The van der Waals surface area contributed by atoms with Crippen molar-refractivity contribution in [2.45, 2.75) is 50.8 Å². The van der Waals surface area contributed by atoms with Crippen molar-refractivity contribution < 1.29 is 14.6 Å². The monoisotopic (exact) mass is 213 g/mol. The van der Waals surface area contributed by atoms with Crippen LogP contribution in [0, 0.1) is 5.92 Å². The first-order valence-corrected chi connectivity index (χ1v) is 5.79. The SMILES string of the molecule is CC(NC1CCC1C(=O)O)C1CCCO1. The second kappa shape index (κ2) is 4.49. The molecule has 4 unspecified atom stereocenters. The maximum absolute atomic E-state index is 10.8. The van der Waals surface area contributed by atoms with Crippen LogP contribution in [-0.4, -0.2) is 35.9 Å². The van der Waals surface area contributed by atoms with E-state index in [4.69, 9.17) is 9.84 Å². The molecule has 2 rings (SSSR count). The Morgan fingerprint density at radius 3 is 2.73 bits per heavy atom. The van der Waals surface area contributed by atoms with E-state index in [-0.39, 0.29) is 24.1 Å². The zero-order valence-corrected chi connectivity index (χ0v) is 9.11. The number of hydrogen-bond donors (Lipinski definition) is 2. The quantitative estimate of drug-likeness (QED) is 0.731. The summed E-state index contributed by atoms with van der Waals surface area (Å²) in [6.45, 7) is 2.94. The molecule has 4 heteroatoms. The van der Waals surface area contributed by atoms with E-state index in [1.807, 2.05) is 0 Å². The van der Waals surface area contributed by atoms with Gasteiger partial charge in [0.2, 0.25) is 0 Å². The average Bonchev–Trinajstić information content (AvgIpc) is 2.63. The molecule has 2 fully saturated rings. The Labute approximate surface area is 90.0 Å². The molecule has 0 aromatic rings. The minimum absolute atomic E-state index is 0.154. The molecule has 15 heavy (non-hydrogen) atoms. The molecule has 1 heterocycles. The predicted octanol–water partition coefficient (Wildman–Crippen LogP) is 1.01. The average molecular weight is 213 g/mol. The second-order valence-electron chi connectivity index (χ2n) is 4.64. The smallest absolute Gasteiger partial charge is 0.308 e. The number of carboxylic acids is 1. The van der Waals surface area contributed by atoms with Gasteiger partial charge in [-0.3, -0.25) is 4.79 Å². The van der Waals surface area contributed by atoms with Gasteiger partial charge in [-0.05, 0) is 32.6 Å². The molecule has 0 amide bonds. The highest BCUT2D eigenvalue weighted by atomic mass is 16.5. The Balaban J connectivity index is 1.78. The van der Waals surface area contributed by atoms with Gasteiger partial charge in [0.05, 0.1) is 12.0 Å². The lowest BCUT2D eigenvalue weighted by Crippen LogP contribution is -2.53. The minimum Gasteiger partial charge on any atom is -0.481 e. The van der Waals surface area contributed by atoms with Gasteiger partial charge in [-0.15, -0.1) is 0 Å². The number of nitrogens with one attached hydrogen (secondary N) is 1. The first-order valence-electron chi connectivity index (χ1n) is 5.79. The summed E-state index contributed by atoms with van der Waals surface area (Å²) < 4.78 is 5.57. The summed E-state index contributed by atoms with van der Waals surface area (Å²) in [7, 11) is 0. The van der Waals surface area contributed by atoms with Gasteiger partial charge in [0.25, 0.3) is 0 Å². The summed E-state index contributed by atoms with van der Waals surface area (Å²) in [5.74, 6) is -0.854. The van der Waals surface area contributed by atoms with Gasteiger partial charge in [-0.25, -0.2) is 0 Å². The first kappa shape index (κ1) is 10.9. The summed E-state index contributed by atoms with van der Waals surface area (Å²) in [6, 6.07) is 0.432. The highest BCUT2D eigenvalue weighted by Gasteiger charge is 2.38. The lowest BCUT2D eigenvalue weighted by molar-refractivity contribution is -0.146. The summed E-state index contributed by atoms with van der Waals surface area (Å²) in [5, 5.41) is 12.3. The van der Waals surface area contributed by atoms with Gasteiger partial charge in [-0.1, -0.05) is 0 Å². The van der Waals surface area contributed by atoms with E-state index in [2.05, 4.69) is 12.2 Å². The maximum atomic E-state index is 10.8. The van der Waals surface area contributed by atoms with Gasteiger partial charge in [0, 0.05) is 18.7 Å². The number of carbonyl (C=O) groups is 1. The number of carboxylic acid groups (broad SMARTS) is 1. The second-order valence-corrected chi connectivity index (χ2v) is 4.64. The number of hydrogen-bond acceptors (Lipinski definition) is 3. The van der Waals surface area contributed by atoms with Crippen molar-refractivity contribution in [3.8, 4) is 0 Å². The molecule has 0 aromatic heterocycles. The minimum atomic E-state index is -0.668. The number of rotatable bonds is 4. The van der Waals surface area contributed by atoms with Crippen LogP contribution in [0.5, 0.6) is 0 Å². The highest BCUT2D eigenvalue weighted by Crippen LogP contribution is 2.29. The van der Waals surface area contributed by atoms with Crippen LogP contribution in [0.2, 0.25) is 0 Å². The summed E-state index contributed by atoms with van der Waals surface area (Å²) in [5.41, 5.74) is 0. The molecule has 2 aliphatic rings. The van der Waals surface area contributed by atoms with Crippen LogP contribution in [0.25, 0.3) is 0 Å². The molecule has 0 bridgehead atoms. The number of aliphatic carboxylic acids is 1. The predicted molar refractivity (Wildman–Crippen MR) is 55.7 cm³/mol. The van der Waals surface area contributed by atoms with E-state index < -0.39 is 5.97 Å². The van der Waals surface area contributed by atoms with Crippen molar-refractivity contribution in [1.29, 1.82) is 0 Å². The maximum Gasteiger partial charge on any atom is 0.308 e. The fraction of sp³-hybridized carbons (Fsp3) is 0.909. The van der Waals surface area contributed by atoms with E-state index in [1.54, 1.807) is 0 Å². The molecule has 1 saturated carbocycles. The van der Waals surface area contributed by atoms with Crippen LogP contribution in [-0.2, 0) is 9.53 Å². The van der Waals surface area contributed by atoms with Crippen molar-refractivity contribution >= 4 is 5.97 Å². The molecular weight excluding hydrogens is 194 g/mol. The normalized spacial score (nSPS) is 37.3. The van der Waals surface area contributed by atoms with Crippen LogP contribution in [0.1, 0.15) is 32.6 Å². The van der Waals surface area contributed by atoms with Gasteiger partial charge >= 0.3 is 5.97 Å². The van der Waals surface area contributed by atoms with Gasteiger partial charge in [0.15, 0.2) is 0 Å². The van der Waals surface area contributed by atoms with Crippen LogP contribution >= 0.6 is 0 Å². The Bertz CT molecular complexity index is 238. The Kier molecular flexibility index (Phi) is 3.26. The largest absolute Gasteiger partial charge is 0.481 e. The summed E-state index contributed by atoms with van der Waals surface area (Å²) >= 11 is 0. The van der Waals surface area contributed by atoms with Gasteiger partial charge in [-0.2, -0.15) is 0 Å². The van der Waals surface area contributed by atoms with Gasteiger partial charge < -0.3 is 15.2 Å². The van der Waals surface area contributed by atoms with E-state index in [1.165, 1.54) is 0 Å². The highest BCUT2D eigenvalue weighted by molar-refractivity contribution is 5.72. The molecule has 0 spiro atoms. The topological polar surface area (TPSA) is 58.6 Å². The van der Waals surface area contributed by atoms with E-state index in [0.29, 0.717) is 0 Å². The molecule has 0 aromatic carbocycles. The lowest BCUT2D eigenvalue weighted by atomic mass is 9.79. The summed E-state index contributed by atoms with van der Waals surface area (Å²) in [4.78, 5) is 10.8. The number of ether oxygens (including phenoxy) is 1. The van der Waals surface area contributed by atoms with E-state index in [9.17, 15) is 4.79 Å². The van der Waals surface area contributed by atoms with Crippen LogP contribution in [0.4, 0.5) is 0 Å².